The molecule has 92 valence electrons. The maximum Gasteiger partial charge on any atom is 0.105 e. The van der Waals surface area contributed by atoms with Gasteiger partial charge in [-0.1, -0.05) is 33.6 Å². The molecule has 1 heterocycles. The monoisotopic (exact) mass is 223 g/mol. The van der Waals surface area contributed by atoms with Gasteiger partial charge in [0.05, 0.1) is 0 Å². The zero-order valence-electron chi connectivity index (χ0n) is 11.3. The van der Waals surface area contributed by atoms with Crippen LogP contribution in [0.1, 0.15) is 56.7 Å². The van der Waals surface area contributed by atoms with Gasteiger partial charge in [0.2, 0.25) is 0 Å². The smallest absolute Gasteiger partial charge is 0.105 e. The second-order valence-electron chi connectivity index (χ2n) is 4.48. The predicted molar refractivity (Wildman–Crippen MR) is 68.7 cm³/mol. The first kappa shape index (κ1) is 13.3. The zero-order chi connectivity index (χ0) is 12.1. The molecule has 1 aromatic heterocycles. The van der Waals surface area contributed by atoms with Crippen molar-refractivity contribution in [1.29, 1.82) is 0 Å². The van der Waals surface area contributed by atoms with Crippen LogP contribution in [0.4, 0.5) is 0 Å². The lowest BCUT2D eigenvalue weighted by atomic mass is 9.89. The second kappa shape index (κ2) is 6.09. The van der Waals surface area contributed by atoms with Crippen molar-refractivity contribution in [3.63, 3.8) is 0 Å². The lowest BCUT2D eigenvalue weighted by Crippen LogP contribution is -2.27. The Hall–Kier alpha value is -0.760. The van der Waals surface area contributed by atoms with Crippen LogP contribution < -0.4 is 5.32 Å². The maximum atomic E-state index is 5.64. The number of hydrogen-bond acceptors (Lipinski definition) is 2. The van der Waals surface area contributed by atoms with E-state index in [-0.39, 0.29) is 0 Å². The van der Waals surface area contributed by atoms with Crippen LogP contribution in [0.5, 0.6) is 0 Å². The van der Waals surface area contributed by atoms with Crippen LogP contribution in [0.3, 0.4) is 0 Å². The van der Waals surface area contributed by atoms with Crippen LogP contribution in [0.25, 0.3) is 0 Å². The highest BCUT2D eigenvalue weighted by Crippen LogP contribution is 2.31. The molecular weight excluding hydrogens is 198 g/mol. The molecule has 1 N–H and O–H groups in total. The molecule has 1 unspecified atom stereocenters. The molecule has 0 fully saturated rings. The summed E-state index contributed by atoms with van der Waals surface area (Å²) >= 11 is 0. The van der Waals surface area contributed by atoms with E-state index >= 15 is 0 Å². The number of aryl methyl sites for hydroxylation is 2. The Bertz CT molecular complexity index is 313. The van der Waals surface area contributed by atoms with E-state index in [1.54, 1.807) is 0 Å². The molecule has 0 aliphatic carbocycles. The van der Waals surface area contributed by atoms with Gasteiger partial charge < -0.3 is 9.73 Å². The van der Waals surface area contributed by atoms with Crippen molar-refractivity contribution in [3.05, 3.63) is 23.2 Å². The van der Waals surface area contributed by atoms with Crippen LogP contribution in [0.2, 0.25) is 0 Å². The summed E-state index contributed by atoms with van der Waals surface area (Å²) in [4.78, 5) is 0. The Balaban J connectivity index is 2.96. The molecule has 0 aliphatic rings. The van der Waals surface area contributed by atoms with Crippen molar-refractivity contribution in [2.24, 2.45) is 5.92 Å². The molecule has 1 rings (SSSR count). The minimum Gasteiger partial charge on any atom is -0.466 e. The topological polar surface area (TPSA) is 25.2 Å². The van der Waals surface area contributed by atoms with E-state index in [9.17, 15) is 0 Å². The van der Waals surface area contributed by atoms with Gasteiger partial charge in [-0.25, -0.2) is 0 Å². The largest absolute Gasteiger partial charge is 0.466 e. The molecule has 0 aromatic carbocycles. The van der Waals surface area contributed by atoms with E-state index in [0.29, 0.717) is 12.0 Å². The Morgan fingerprint density at radius 1 is 1.19 bits per heavy atom. The minimum atomic E-state index is 0.442. The van der Waals surface area contributed by atoms with E-state index < -0.39 is 0 Å². The molecule has 0 saturated carbocycles. The van der Waals surface area contributed by atoms with Gasteiger partial charge in [0.15, 0.2) is 0 Å². The molecule has 0 saturated heterocycles. The molecule has 0 aliphatic heterocycles. The van der Waals surface area contributed by atoms with Crippen LogP contribution in [-0.4, -0.2) is 6.54 Å². The van der Waals surface area contributed by atoms with E-state index in [1.807, 2.05) is 6.92 Å². The number of hydrogen-bond donors (Lipinski definition) is 1. The third kappa shape index (κ3) is 2.88. The summed E-state index contributed by atoms with van der Waals surface area (Å²) in [6.45, 7) is 11.8. The van der Waals surface area contributed by atoms with Gasteiger partial charge in [0, 0.05) is 11.6 Å². The highest BCUT2D eigenvalue weighted by atomic mass is 16.3. The highest BCUT2D eigenvalue weighted by molar-refractivity contribution is 5.24. The Morgan fingerprint density at radius 2 is 1.81 bits per heavy atom. The summed E-state index contributed by atoms with van der Waals surface area (Å²) in [5.74, 6) is 2.77. The lowest BCUT2D eigenvalue weighted by molar-refractivity contribution is 0.341. The van der Waals surface area contributed by atoms with E-state index in [0.717, 1.165) is 18.1 Å². The SMILES string of the molecule is CCNC(c1cc(C)oc1C)C(CC)CC. The first-order chi connectivity index (χ1) is 7.63. The third-order valence-electron chi connectivity index (χ3n) is 3.36. The zero-order valence-corrected chi connectivity index (χ0v) is 11.3. The average molecular weight is 223 g/mol. The highest BCUT2D eigenvalue weighted by Gasteiger charge is 2.23. The van der Waals surface area contributed by atoms with Gasteiger partial charge in [-0.2, -0.15) is 0 Å². The number of nitrogens with one attached hydrogen (secondary N) is 1. The van der Waals surface area contributed by atoms with Crippen molar-refractivity contribution in [2.75, 3.05) is 6.54 Å². The molecule has 1 aromatic rings. The van der Waals surface area contributed by atoms with E-state index in [2.05, 4.69) is 39.1 Å². The average Bonchev–Trinajstić information content (AvgIpc) is 2.58. The van der Waals surface area contributed by atoms with Crippen LogP contribution >= 0.6 is 0 Å². The van der Waals surface area contributed by atoms with Crippen molar-refractivity contribution in [1.82, 2.24) is 5.32 Å². The van der Waals surface area contributed by atoms with Gasteiger partial charge in [0.1, 0.15) is 11.5 Å². The summed E-state index contributed by atoms with van der Waals surface area (Å²) in [6, 6.07) is 2.62. The fraction of sp³-hybridized carbons (Fsp3) is 0.714. The summed E-state index contributed by atoms with van der Waals surface area (Å²) in [5, 5.41) is 3.60. The van der Waals surface area contributed by atoms with Crippen LogP contribution in [0.15, 0.2) is 10.5 Å². The molecule has 2 heteroatoms. The number of furan rings is 1. The maximum absolute atomic E-state index is 5.64. The van der Waals surface area contributed by atoms with E-state index in [4.69, 9.17) is 4.42 Å². The molecule has 0 spiro atoms. The van der Waals surface area contributed by atoms with Gasteiger partial charge in [-0.3, -0.25) is 0 Å². The summed E-state index contributed by atoms with van der Waals surface area (Å²) < 4.78 is 5.64. The quantitative estimate of drug-likeness (QED) is 0.789. The molecule has 0 radical (unpaired) electrons. The molecule has 16 heavy (non-hydrogen) atoms. The Kier molecular flexibility index (Phi) is 5.07. The Labute approximate surface area is 99.4 Å². The summed E-state index contributed by atoms with van der Waals surface area (Å²) in [5.41, 5.74) is 1.34. The fourth-order valence-electron chi connectivity index (χ4n) is 2.47. The molecule has 2 nitrogen and oxygen atoms in total. The van der Waals surface area contributed by atoms with Crippen molar-refractivity contribution in [3.8, 4) is 0 Å². The van der Waals surface area contributed by atoms with Crippen LogP contribution in [0, 0.1) is 19.8 Å². The fourth-order valence-corrected chi connectivity index (χ4v) is 2.47. The number of rotatable bonds is 6. The second-order valence-corrected chi connectivity index (χ2v) is 4.48. The van der Waals surface area contributed by atoms with Crippen molar-refractivity contribution >= 4 is 0 Å². The van der Waals surface area contributed by atoms with Crippen LogP contribution in [-0.2, 0) is 0 Å². The van der Waals surface area contributed by atoms with Gasteiger partial charge in [0.25, 0.3) is 0 Å². The third-order valence-corrected chi connectivity index (χ3v) is 3.36. The molecule has 0 bridgehead atoms. The van der Waals surface area contributed by atoms with Gasteiger partial charge in [-0.15, -0.1) is 0 Å². The lowest BCUT2D eigenvalue weighted by Gasteiger charge is -2.25. The molecule has 1 atom stereocenters. The first-order valence-corrected chi connectivity index (χ1v) is 6.44. The van der Waals surface area contributed by atoms with E-state index in [1.165, 1.54) is 18.4 Å². The summed E-state index contributed by atoms with van der Waals surface area (Å²) in [6.07, 6.45) is 2.41. The minimum absolute atomic E-state index is 0.442. The predicted octanol–water partition coefficient (Wildman–Crippen LogP) is 3.98. The standard InChI is InChI=1S/C14H25NO/c1-6-12(7-2)14(15-8-3)13-9-10(4)16-11(13)5/h9,12,14-15H,6-8H2,1-5H3. The first-order valence-electron chi connectivity index (χ1n) is 6.44. The van der Waals surface area contributed by atoms with Gasteiger partial charge in [-0.05, 0) is 32.4 Å². The van der Waals surface area contributed by atoms with Gasteiger partial charge >= 0.3 is 0 Å². The normalized spacial score (nSPS) is 13.4. The molecular formula is C14H25NO. The molecule has 0 amide bonds. The van der Waals surface area contributed by atoms with Crippen molar-refractivity contribution in [2.45, 2.75) is 53.5 Å². The summed E-state index contributed by atoms with van der Waals surface area (Å²) in [7, 11) is 0. The van der Waals surface area contributed by atoms with Crippen molar-refractivity contribution < 1.29 is 4.42 Å². The Morgan fingerprint density at radius 3 is 2.19 bits per heavy atom.